The van der Waals surface area contributed by atoms with Gasteiger partial charge in [-0.25, -0.2) is 13.4 Å². The average molecular weight is 409 g/mol. The van der Waals surface area contributed by atoms with Crippen LogP contribution >= 0.6 is 38.9 Å². The lowest BCUT2D eigenvalue weighted by molar-refractivity contribution is 0.601. The number of fused-ring (bicyclic) bond motifs is 1. The average Bonchev–Trinajstić information content (AvgIpc) is 2.82. The summed E-state index contributed by atoms with van der Waals surface area (Å²) in [6.07, 6.45) is 0.819. The Morgan fingerprint density at radius 3 is 2.95 bits per heavy atom. The molecule has 9 heteroatoms. The fraction of sp³-hybridized carbons (Fsp3) is 0.250. The highest BCUT2D eigenvalue weighted by atomic mass is 79.9. The van der Waals surface area contributed by atoms with E-state index in [4.69, 9.17) is 11.6 Å². The third-order valence-electron chi connectivity index (χ3n) is 3.03. The minimum atomic E-state index is -3.66. The highest BCUT2D eigenvalue weighted by Crippen LogP contribution is 2.29. The largest absolute Gasteiger partial charge is 0.311 e. The predicted molar refractivity (Wildman–Crippen MR) is 87.5 cm³/mol. The van der Waals surface area contributed by atoms with Gasteiger partial charge in [-0.1, -0.05) is 22.9 Å². The lowest BCUT2D eigenvalue weighted by Crippen LogP contribution is -2.22. The molecule has 1 aliphatic heterocycles. The molecule has 0 bridgehead atoms. The van der Waals surface area contributed by atoms with Crippen LogP contribution in [0.15, 0.2) is 27.6 Å². The van der Waals surface area contributed by atoms with Crippen molar-refractivity contribution in [2.24, 2.45) is 0 Å². The van der Waals surface area contributed by atoms with E-state index in [2.05, 4.69) is 31.0 Å². The minimum absolute atomic E-state index is 0.144. The van der Waals surface area contributed by atoms with E-state index in [1.54, 1.807) is 0 Å². The Bertz CT molecular complexity index is 768. The zero-order chi connectivity index (χ0) is 15.0. The van der Waals surface area contributed by atoms with E-state index in [0.29, 0.717) is 14.6 Å². The Balaban J connectivity index is 1.88. The van der Waals surface area contributed by atoms with Gasteiger partial charge in [0.05, 0.1) is 15.6 Å². The molecule has 0 saturated carbocycles. The number of thiazole rings is 1. The molecule has 1 aromatic heterocycles. The summed E-state index contributed by atoms with van der Waals surface area (Å²) in [6, 6.07) is 4.47. The van der Waals surface area contributed by atoms with E-state index in [0.717, 1.165) is 30.1 Å². The molecule has 0 fully saturated rings. The highest BCUT2D eigenvalue weighted by molar-refractivity contribution is 9.10. The SMILES string of the molecule is O=S(=O)(Nc1nc2c(s1)CNCC2)c1ccc(Cl)c(Br)c1. The number of nitrogens with one attached hydrogen (secondary N) is 2. The first-order chi connectivity index (χ1) is 9.95. The van der Waals surface area contributed by atoms with Crippen LogP contribution in [-0.4, -0.2) is 19.9 Å². The second-order valence-corrected chi connectivity index (χ2v) is 8.52. The summed E-state index contributed by atoms with van der Waals surface area (Å²) in [6.45, 7) is 1.61. The van der Waals surface area contributed by atoms with Crippen molar-refractivity contribution in [3.8, 4) is 0 Å². The smallest absolute Gasteiger partial charge is 0.263 e. The summed E-state index contributed by atoms with van der Waals surface area (Å²) in [5, 5.41) is 4.10. The van der Waals surface area contributed by atoms with E-state index >= 15 is 0 Å². The van der Waals surface area contributed by atoms with Gasteiger partial charge in [0.1, 0.15) is 0 Å². The number of anilines is 1. The Kier molecular flexibility index (Phi) is 4.24. The van der Waals surface area contributed by atoms with E-state index in [1.807, 2.05) is 0 Å². The van der Waals surface area contributed by atoms with E-state index in [9.17, 15) is 8.42 Å². The molecule has 0 unspecified atom stereocenters. The fourth-order valence-electron chi connectivity index (χ4n) is 1.99. The number of hydrogen-bond acceptors (Lipinski definition) is 5. The number of sulfonamides is 1. The number of aromatic nitrogens is 1. The van der Waals surface area contributed by atoms with Crippen molar-refractivity contribution in [2.45, 2.75) is 17.9 Å². The summed E-state index contributed by atoms with van der Waals surface area (Å²) in [4.78, 5) is 5.58. The van der Waals surface area contributed by atoms with Crippen LogP contribution in [0, 0.1) is 0 Å². The molecular formula is C12H11BrClN3O2S2. The van der Waals surface area contributed by atoms with Gasteiger partial charge in [0.2, 0.25) is 0 Å². The van der Waals surface area contributed by atoms with Crippen LogP contribution in [0.1, 0.15) is 10.6 Å². The van der Waals surface area contributed by atoms with Gasteiger partial charge in [0, 0.05) is 28.9 Å². The van der Waals surface area contributed by atoms with Gasteiger partial charge >= 0.3 is 0 Å². The lowest BCUT2D eigenvalue weighted by atomic mass is 10.2. The van der Waals surface area contributed by atoms with E-state index in [1.165, 1.54) is 29.5 Å². The summed E-state index contributed by atoms with van der Waals surface area (Å²) in [5.74, 6) is 0. The molecule has 112 valence electrons. The second kappa shape index (κ2) is 5.85. The zero-order valence-electron chi connectivity index (χ0n) is 10.7. The number of nitrogens with zero attached hydrogens (tertiary/aromatic N) is 1. The molecule has 0 aliphatic carbocycles. The molecular weight excluding hydrogens is 398 g/mol. The molecule has 0 amide bonds. The van der Waals surface area contributed by atoms with Crippen LogP contribution in [0.3, 0.4) is 0 Å². The summed E-state index contributed by atoms with van der Waals surface area (Å²) < 4.78 is 27.8. The van der Waals surface area contributed by atoms with Crippen LogP contribution in [0.4, 0.5) is 5.13 Å². The Morgan fingerprint density at radius 2 is 2.24 bits per heavy atom. The van der Waals surface area contributed by atoms with Crippen molar-refractivity contribution in [3.05, 3.63) is 38.3 Å². The van der Waals surface area contributed by atoms with Crippen molar-refractivity contribution >= 4 is 54.0 Å². The van der Waals surface area contributed by atoms with Gasteiger partial charge in [-0.05, 0) is 34.1 Å². The number of halogens is 2. The van der Waals surface area contributed by atoms with Crippen LogP contribution < -0.4 is 10.0 Å². The van der Waals surface area contributed by atoms with Crippen molar-refractivity contribution in [1.82, 2.24) is 10.3 Å². The number of rotatable bonds is 3. The maximum Gasteiger partial charge on any atom is 0.263 e. The van der Waals surface area contributed by atoms with Crippen LogP contribution in [0.25, 0.3) is 0 Å². The summed E-state index contributed by atoms with van der Waals surface area (Å²) in [5.41, 5.74) is 0.966. The number of benzene rings is 1. The molecule has 0 spiro atoms. The molecule has 0 atom stereocenters. The summed E-state index contributed by atoms with van der Waals surface area (Å²) in [7, 11) is -3.66. The molecule has 5 nitrogen and oxygen atoms in total. The second-order valence-electron chi connectivity index (χ2n) is 4.50. The molecule has 3 rings (SSSR count). The Labute approximate surface area is 139 Å². The number of hydrogen-bond donors (Lipinski definition) is 2. The maximum absolute atomic E-state index is 12.4. The quantitative estimate of drug-likeness (QED) is 0.819. The first-order valence-electron chi connectivity index (χ1n) is 6.13. The molecule has 1 aromatic carbocycles. The fourth-order valence-corrected chi connectivity index (χ4v) is 4.87. The van der Waals surface area contributed by atoms with Gasteiger partial charge in [0.25, 0.3) is 10.0 Å². The van der Waals surface area contributed by atoms with Crippen molar-refractivity contribution in [2.75, 3.05) is 11.3 Å². The monoisotopic (exact) mass is 407 g/mol. The molecule has 0 saturated heterocycles. The van der Waals surface area contributed by atoms with Gasteiger partial charge in [-0.2, -0.15) is 0 Å². The highest BCUT2D eigenvalue weighted by Gasteiger charge is 2.20. The third-order valence-corrected chi connectivity index (χ3v) is 6.72. The van der Waals surface area contributed by atoms with Crippen LogP contribution in [0.2, 0.25) is 5.02 Å². The van der Waals surface area contributed by atoms with Crippen LogP contribution in [-0.2, 0) is 23.0 Å². The predicted octanol–water partition coefficient (Wildman–Crippen LogP) is 3.01. The normalized spacial score (nSPS) is 14.8. The topological polar surface area (TPSA) is 71.1 Å². The van der Waals surface area contributed by atoms with Crippen molar-refractivity contribution < 1.29 is 8.42 Å². The molecule has 1 aliphatic rings. The molecule has 2 aromatic rings. The van der Waals surface area contributed by atoms with Crippen LogP contribution in [0.5, 0.6) is 0 Å². The van der Waals surface area contributed by atoms with Gasteiger partial charge in [-0.15, -0.1) is 0 Å². The third kappa shape index (κ3) is 3.24. The Morgan fingerprint density at radius 1 is 1.43 bits per heavy atom. The Hall–Kier alpha value is -0.670. The zero-order valence-corrected chi connectivity index (χ0v) is 14.7. The van der Waals surface area contributed by atoms with E-state index in [-0.39, 0.29) is 4.90 Å². The molecule has 2 N–H and O–H groups in total. The molecule has 21 heavy (non-hydrogen) atoms. The minimum Gasteiger partial charge on any atom is -0.311 e. The maximum atomic E-state index is 12.4. The molecule has 0 radical (unpaired) electrons. The standard InChI is InChI=1S/C12H11BrClN3O2S2/c13-8-5-7(1-2-9(8)14)21(18,19)17-12-16-10-3-4-15-6-11(10)20-12/h1-2,5,15H,3-4,6H2,(H,16,17). The molecule has 2 heterocycles. The van der Waals surface area contributed by atoms with Gasteiger partial charge < -0.3 is 5.32 Å². The van der Waals surface area contributed by atoms with E-state index < -0.39 is 10.0 Å². The lowest BCUT2D eigenvalue weighted by Gasteiger charge is -2.09. The van der Waals surface area contributed by atoms with Crippen molar-refractivity contribution in [3.63, 3.8) is 0 Å². The van der Waals surface area contributed by atoms with Gasteiger partial charge in [-0.3, -0.25) is 4.72 Å². The van der Waals surface area contributed by atoms with Crippen molar-refractivity contribution in [1.29, 1.82) is 0 Å². The van der Waals surface area contributed by atoms with Gasteiger partial charge in [0.15, 0.2) is 5.13 Å². The first-order valence-corrected chi connectivity index (χ1v) is 9.60. The first kappa shape index (κ1) is 15.2. The summed E-state index contributed by atoms with van der Waals surface area (Å²) >= 11 is 10.5.